The molecule has 0 aliphatic rings. The van der Waals surface area contributed by atoms with Gasteiger partial charge in [-0.15, -0.1) is 0 Å². The summed E-state index contributed by atoms with van der Waals surface area (Å²) >= 11 is 0. The maximum absolute atomic E-state index is 12.9. The lowest BCUT2D eigenvalue weighted by atomic mass is 10.0. The van der Waals surface area contributed by atoms with Crippen LogP contribution in [-0.2, 0) is 4.79 Å². The van der Waals surface area contributed by atoms with E-state index in [9.17, 15) is 19.8 Å². The van der Waals surface area contributed by atoms with Crippen molar-refractivity contribution in [1.82, 2.24) is 15.3 Å². The summed E-state index contributed by atoms with van der Waals surface area (Å²) in [5.41, 5.74) is 4.26. The molecule has 7 nitrogen and oxygen atoms in total. The standard InChI is InChI=1S/C23H21N3O4/c1-12-7-3-4-8-14(12)20-21-16(15-9-5-6-10-17(15)24-21)11-18(25-20)22(28)26-19(13(2)27)23(29)30/h3-11,13,19,24,27H,1-2H3,(H,26,28)(H,29,30). The van der Waals surface area contributed by atoms with Crippen LogP contribution in [0.25, 0.3) is 33.1 Å². The van der Waals surface area contributed by atoms with Gasteiger partial charge in [0.15, 0.2) is 6.04 Å². The molecule has 0 aliphatic carbocycles. The number of pyridine rings is 1. The largest absolute Gasteiger partial charge is 0.480 e. The van der Waals surface area contributed by atoms with Crippen molar-refractivity contribution in [2.75, 3.05) is 0 Å². The number of amides is 1. The van der Waals surface area contributed by atoms with Gasteiger partial charge in [-0.1, -0.05) is 42.5 Å². The second-order valence-corrected chi connectivity index (χ2v) is 7.29. The first-order valence-electron chi connectivity index (χ1n) is 9.56. The molecule has 0 radical (unpaired) electrons. The number of aryl methyl sites for hydroxylation is 1. The maximum atomic E-state index is 12.9. The predicted octanol–water partition coefficient (Wildman–Crippen LogP) is 3.26. The van der Waals surface area contributed by atoms with Gasteiger partial charge in [0.1, 0.15) is 5.69 Å². The zero-order valence-corrected chi connectivity index (χ0v) is 16.5. The van der Waals surface area contributed by atoms with Crippen molar-refractivity contribution in [3.8, 4) is 11.3 Å². The normalized spacial score (nSPS) is 13.3. The molecule has 0 spiro atoms. The number of aromatic amines is 1. The first-order valence-corrected chi connectivity index (χ1v) is 9.56. The van der Waals surface area contributed by atoms with Crippen LogP contribution in [0.15, 0.2) is 54.6 Å². The molecule has 2 aromatic carbocycles. The number of aliphatic hydroxyl groups is 1. The van der Waals surface area contributed by atoms with Crippen LogP contribution in [0, 0.1) is 6.92 Å². The molecule has 1 amide bonds. The zero-order valence-electron chi connectivity index (χ0n) is 16.5. The quantitative estimate of drug-likeness (QED) is 0.408. The number of rotatable bonds is 5. The third-order valence-corrected chi connectivity index (χ3v) is 5.16. The van der Waals surface area contributed by atoms with Gasteiger partial charge in [0.2, 0.25) is 0 Å². The molecule has 2 atom stereocenters. The summed E-state index contributed by atoms with van der Waals surface area (Å²) < 4.78 is 0. The Kier molecular flexibility index (Phi) is 4.97. The fourth-order valence-electron chi connectivity index (χ4n) is 3.60. The summed E-state index contributed by atoms with van der Waals surface area (Å²) in [6.07, 6.45) is -1.25. The lowest BCUT2D eigenvalue weighted by Crippen LogP contribution is -2.47. The fourth-order valence-corrected chi connectivity index (χ4v) is 3.60. The molecule has 4 aromatic rings. The average Bonchev–Trinajstić information content (AvgIpc) is 3.10. The van der Waals surface area contributed by atoms with Crippen LogP contribution in [0.4, 0.5) is 0 Å². The Morgan fingerprint density at radius 1 is 1.07 bits per heavy atom. The number of carbonyl (C=O) groups is 2. The topological polar surface area (TPSA) is 115 Å². The molecule has 2 unspecified atom stereocenters. The minimum Gasteiger partial charge on any atom is -0.480 e. The Bertz CT molecular complexity index is 1280. The summed E-state index contributed by atoms with van der Waals surface area (Å²) in [5.74, 6) is -1.98. The van der Waals surface area contributed by atoms with E-state index in [0.717, 1.165) is 32.9 Å². The van der Waals surface area contributed by atoms with E-state index >= 15 is 0 Å². The number of carboxylic acid groups (broad SMARTS) is 1. The average molecular weight is 403 g/mol. The first kappa shape index (κ1) is 19.6. The van der Waals surface area contributed by atoms with Gasteiger partial charge in [-0.3, -0.25) is 4.79 Å². The number of nitrogens with one attached hydrogen (secondary N) is 2. The molecule has 0 saturated carbocycles. The first-order chi connectivity index (χ1) is 14.4. The zero-order chi connectivity index (χ0) is 21.4. The lowest BCUT2D eigenvalue weighted by Gasteiger charge is -2.17. The summed E-state index contributed by atoms with van der Waals surface area (Å²) in [7, 11) is 0. The highest BCUT2D eigenvalue weighted by molar-refractivity contribution is 6.13. The Labute approximate surface area is 172 Å². The van der Waals surface area contributed by atoms with Gasteiger partial charge >= 0.3 is 5.97 Å². The van der Waals surface area contributed by atoms with Gasteiger partial charge in [0.25, 0.3) is 5.91 Å². The second kappa shape index (κ2) is 7.61. The van der Waals surface area contributed by atoms with Crippen LogP contribution in [-0.4, -0.2) is 44.2 Å². The molecule has 7 heteroatoms. The second-order valence-electron chi connectivity index (χ2n) is 7.29. The number of hydrogen-bond acceptors (Lipinski definition) is 4. The van der Waals surface area contributed by atoms with Crippen molar-refractivity contribution in [2.45, 2.75) is 26.0 Å². The van der Waals surface area contributed by atoms with Crippen LogP contribution in [0.3, 0.4) is 0 Å². The molecule has 152 valence electrons. The molecule has 0 bridgehead atoms. The molecular weight excluding hydrogens is 382 g/mol. The van der Waals surface area contributed by atoms with Crippen molar-refractivity contribution in [2.24, 2.45) is 0 Å². The number of carboxylic acids is 1. The van der Waals surface area contributed by atoms with Gasteiger partial charge in [0.05, 0.1) is 17.3 Å². The number of H-pyrrole nitrogens is 1. The molecule has 2 heterocycles. The van der Waals surface area contributed by atoms with Gasteiger partial charge in [-0.25, -0.2) is 9.78 Å². The molecule has 0 fully saturated rings. The van der Waals surface area contributed by atoms with E-state index in [4.69, 9.17) is 0 Å². The van der Waals surface area contributed by atoms with Crippen molar-refractivity contribution >= 4 is 33.7 Å². The van der Waals surface area contributed by atoms with Gasteiger partial charge in [-0.05, 0) is 31.5 Å². The minimum atomic E-state index is -1.43. The Hall–Kier alpha value is -3.71. The molecule has 4 rings (SSSR count). The number of carbonyl (C=O) groups excluding carboxylic acids is 1. The summed E-state index contributed by atoms with van der Waals surface area (Å²) in [5, 5.41) is 23.1. The minimum absolute atomic E-state index is 0.0809. The monoisotopic (exact) mass is 403 g/mol. The molecule has 2 aromatic heterocycles. The van der Waals surface area contributed by atoms with Crippen LogP contribution < -0.4 is 5.32 Å². The molecular formula is C23H21N3O4. The SMILES string of the molecule is Cc1ccccc1-c1nc(C(=O)NC(C(=O)O)C(C)O)cc2c1[nH]c1ccccc12. The summed E-state index contributed by atoms with van der Waals surface area (Å²) in [4.78, 5) is 32.2. The van der Waals surface area contributed by atoms with Crippen molar-refractivity contribution < 1.29 is 19.8 Å². The molecule has 0 aliphatic heterocycles. The van der Waals surface area contributed by atoms with E-state index in [1.165, 1.54) is 6.92 Å². The van der Waals surface area contributed by atoms with Crippen LogP contribution >= 0.6 is 0 Å². The predicted molar refractivity (Wildman–Crippen MR) is 114 cm³/mol. The maximum Gasteiger partial charge on any atom is 0.328 e. The number of nitrogens with zero attached hydrogens (tertiary/aromatic N) is 1. The highest BCUT2D eigenvalue weighted by Crippen LogP contribution is 2.33. The number of hydrogen-bond donors (Lipinski definition) is 4. The fraction of sp³-hybridized carbons (Fsp3) is 0.174. The molecule has 0 saturated heterocycles. The van der Waals surface area contributed by atoms with E-state index in [1.54, 1.807) is 6.07 Å². The van der Waals surface area contributed by atoms with E-state index in [2.05, 4.69) is 15.3 Å². The Morgan fingerprint density at radius 2 is 1.77 bits per heavy atom. The van der Waals surface area contributed by atoms with Crippen LogP contribution in [0.1, 0.15) is 23.0 Å². The Morgan fingerprint density at radius 3 is 2.47 bits per heavy atom. The van der Waals surface area contributed by atoms with Crippen molar-refractivity contribution in [1.29, 1.82) is 0 Å². The number of para-hydroxylation sites is 1. The third kappa shape index (κ3) is 3.40. The number of benzene rings is 2. The molecule has 4 N–H and O–H groups in total. The third-order valence-electron chi connectivity index (χ3n) is 5.16. The number of fused-ring (bicyclic) bond motifs is 3. The summed E-state index contributed by atoms with van der Waals surface area (Å²) in [6, 6.07) is 15.7. The van der Waals surface area contributed by atoms with Crippen LogP contribution in [0.5, 0.6) is 0 Å². The van der Waals surface area contributed by atoms with Crippen molar-refractivity contribution in [3.05, 3.63) is 65.9 Å². The van der Waals surface area contributed by atoms with Crippen molar-refractivity contribution in [3.63, 3.8) is 0 Å². The van der Waals surface area contributed by atoms with E-state index in [1.807, 2.05) is 55.5 Å². The lowest BCUT2D eigenvalue weighted by molar-refractivity contribution is -0.141. The highest BCUT2D eigenvalue weighted by atomic mass is 16.4. The molecule has 30 heavy (non-hydrogen) atoms. The number of aliphatic hydroxyl groups excluding tert-OH is 1. The van der Waals surface area contributed by atoms with E-state index in [0.29, 0.717) is 5.69 Å². The highest BCUT2D eigenvalue weighted by Gasteiger charge is 2.27. The number of aromatic nitrogens is 2. The van der Waals surface area contributed by atoms with E-state index < -0.39 is 24.0 Å². The Balaban J connectivity index is 1.93. The van der Waals surface area contributed by atoms with Gasteiger partial charge in [0, 0.05) is 21.9 Å². The van der Waals surface area contributed by atoms with Gasteiger partial charge < -0.3 is 20.5 Å². The van der Waals surface area contributed by atoms with Gasteiger partial charge in [-0.2, -0.15) is 0 Å². The number of aliphatic carboxylic acids is 1. The summed E-state index contributed by atoms with van der Waals surface area (Å²) in [6.45, 7) is 3.28. The van der Waals surface area contributed by atoms with E-state index in [-0.39, 0.29) is 5.69 Å². The smallest absolute Gasteiger partial charge is 0.328 e. The van der Waals surface area contributed by atoms with Crippen LogP contribution in [0.2, 0.25) is 0 Å².